The minimum atomic E-state index is -0.588. The van der Waals surface area contributed by atoms with Crippen LogP contribution in [-0.2, 0) is 9.53 Å². The van der Waals surface area contributed by atoms with E-state index in [0.29, 0.717) is 24.5 Å². The fourth-order valence-corrected chi connectivity index (χ4v) is 3.21. The summed E-state index contributed by atoms with van der Waals surface area (Å²) in [5.41, 5.74) is -0.0294. The van der Waals surface area contributed by atoms with Gasteiger partial charge >= 0.3 is 0 Å². The highest BCUT2D eigenvalue weighted by molar-refractivity contribution is 5.95. The Morgan fingerprint density at radius 3 is 2.78 bits per heavy atom. The predicted molar refractivity (Wildman–Crippen MR) is 86.6 cm³/mol. The highest BCUT2D eigenvalue weighted by Gasteiger charge is 2.45. The summed E-state index contributed by atoms with van der Waals surface area (Å²) < 4.78 is 10.5. The van der Waals surface area contributed by atoms with Crippen LogP contribution in [0.4, 0.5) is 0 Å². The second kappa shape index (κ2) is 7.46. The fraction of sp³-hybridized carbons (Fsp3) is 0.529. The lowest BCUT2D eigenvalue weighted by atomic mass is 9.91. The molecule has 1 aliphatic rings. The van der Waals surface area contributed by atoms with Gasteiger partial charge in [-0.15, -0.1) is 0 Å². The third-order valence-electron chi connectivity index (χ3n) is 4.34. The van der Waals surface area contributed by atoms with Crippen molar-refractivity contribution in [2.45, 2.75) is 24.8 Å². The first-order chi connectivity index (χ1) is 11.1. The minimum absolute atomic E-state index is 0.0904. The third-order valence-corrected chi connectivity index (χ3v) is 4.34. The van der Waals surface area contributed by atoms with E-state index in [1.54, 1.807) is 50.4 Å². The van der Waals surface area contributed by atoms with Gasteiger partial charge in [-0.1, -0.05) is 6.07 Å². The number of nitrogens with zero attached hydrogens (tertiary/aromatic N) is 1. The molecule has 0 spiro atoms. The van der Waals surface area contributed by atoms with Crippen molar-refractivity contribution in [3.8, 4) is 5.75 Å². The molecule has 1 aliphatic heterocycles. The summed E-state index contributed by atoms with van der Waals surface area (Å²) in [6.07, 6.45) is 1.85. The first kappa shape index (κ1) is 17.3. The zero-order valence-corrected chi connectivity index (χ0v) is 13.9. The molecule has 1 fully saturated rings. The van der Waals surface area contributed by atoms with Gasteiger partial charge in [-0.3, -0.25) is 9.59 Å². The van der Waals surface area contributed by atoms with Crippen LogP contribution < -0.4 is 10.1 Å². The quantitative estimate of drug-likeness (QED) is 0.861. The van der Waals surface area contributed by atoms with Crippen molar-refractivity contribution in [1.29, 1.82) is 0 Å². The molecule has 1 N–H and O–H groups in total. The van der Waals surface area contributed by atoms with Gasteiger partial charge in [0.1, 0.15) is 5.75 Å². The average molecular weight is 320 g/mol. The number of benzene rings is 1. The molecule has 6 heteroatoms. The lowest BCUT2D eigenvalue weighted by Gasteiger charge is -2.37. The van der Waals surface area contributed by atoms with Gasteiger partial charge in [0, 0.05) is 26.3 Å². The molecule has 0 aromatic heterocycles. The molecule has 6 nitrogen and oxygen atoms in total. The van der Waals surface area contributed by atoms with Crippen LogP contribution in [-0.4, -0.2) is 56.7 Å². The standard InChI is InChI=1S/C17H24N2O4/c1-18-15(20)11-17(12-22-2)8-5-9-19(17)16(21)13-6-4-7-14(10-13)23-3/h4,6-7,10H,5,8-9,11-12H2,1-3H3,(H,18,20)/t17-/m0/s1. The summed E-state index contributed by atoms with van der Waals surface area (Å²) in [6, 6.07) is 7.07. The number of rotatable bonds is 6. The molecule has 0 bridgehead atoms. The van der Waals surface area contributed by atoms with Gasteiger partial charge in [0.25, 0.3) is 5.91 Å². The normalized spacial score (nSPS) is 20.4. The Kier molecular flexibility index (Phi) is 5.60. The maximum Gasteiger partial charge on any atom is 0.254 e. The van der Waals surface area contributed by atoms with E-state index in [1.807, 2.05) is 0 Å². The van der Waals surface area contributed by atoms with Crippen molar-refractivity contribution in [3.05, 3.63) is 29.8 Å². The highest BCUT2D eigenvalue weighted by atomic mass is 16.5. The van der Waals surface area contributed by atoms with Crippen molar-refractivity contribution < 1.29 is 19.1 Å². The van der Waals surface area contributed by atoms with E-state index >= 15 is 0 Å². The van der Waals surface area contributed by atoms with E-state index in [4.69, 9.17) is 9.47 Å². The number of hydrogen-bond acceptors (Lipinski definition) is 4. The average Bonchev–Trinajstić information content (AvgIpc) is 2.97. The number of carbonyl (C=O) groups is 2. The van der Waals surface area contributed by atoms with Gasteiger partial charge in [-0.05, 0) is 31.0 Å². The second-order valence-corrected chi connectivity index (χ2v) is 5.80. The summed E-state index contributed by atoms with van der Waals surface area (Å²) in [4.78, 5) is 26.7. The maximum atomic E-state index is 13.0. The first-order valence-corrected chi connectivity index (χ1v) is 7.72. The third kappa shape index (κ3) is 3.64. The summed E-state index contributed by atoms with van der Waals surface area (Å²) in [6.45, 7) is 0.965. The molecule has 0 aliphatic carbocycles. The number of methoxy groups -OCH3 is 2. The van der Waals surface area contributed by atoms with Crippen molar-refractivity contribution >= 4 is 11.8 Å². The molecule has 1 aromatic rings. The Morgan fingerprint density at radius 2 is 2.13 bits per heavy atom. The number of nitrogens with one attached hydrogen (secondary N) is 1. The molecule has 23 heavy (non-hydrogen) atoms. The van der Waals surface area contributed by atoms with Crippen LogP contribution in [0.3, 0.4) is 0 Å². The van der Waals surface area contributed by atoms with E-state index in [0.717, 1.165) is 12.8 Å². The lowest BCUT2D eigenvalue weighted by molar-refractivity contribution is -0.123. The zero-order chi connectivity index (χ0) is 16.9. The largest absolute Gasteiger partial charge is 0.497 e. The van der Waals surface area contributed by atoms with E-state index in [1.165, 1.54) is 0 Å². The van der Waals surface area contributed by atoms with Gasteiger partial charge in [0.15, 0.2) is 0 Å². The summed E-state index contributed by atoms with van der Waals surface area (Å²) in [5, 5.41) is 2.64. The van der Waals surface area contributed by atoms with Crippen LogP contribution in [0.2, 0.25) is 0 Å². The molecule has 1 aromatic carbocycles. The van der Waals surface area contributed by atoms with Gasteiger partial charge in [-0.2, -0.15) is 0 Å². The van der Waals surface area contributed by atoms with Crippen LogP contribution in [0.5, 0.6) is 5.75 Å². The van der Waals surface area contributed by atoms with E-state index in [2.05, 4.69) is 5.32 Å². The summed E-state index contributed by atoms with van der Waals surface area (Å²) in [7, 11) is 4.77. The maximum absolute atomic E-state index is 13.0. The first-order valence-electron chi connectivity index (χ1n) is 7.72. The van der Waals surface area contributed by atoms with E-state index in [-0.39, 0.29) is 18.2 Å². The molecule has 1 atom stereocenters. The SMILES string of the molecule is CNC(=O)C[C@]1(COC)CCCN1C(=O)c1cccc(OC)c1. The van der Waals surface area contributed by atoms with Crippen LogP contribution in [0, 0.1) is 0 Å². The molecule has 2 rings (SSSR count). The van der Waals surface area contributed by atoms with Gasteiger partial charge in [0.05, 0.1) is 25.7 Å². The Morgan fingerprint density at radius 1 is 1.35 bits per heavy atom. The minimum Gasteiger partial charge on any atom is -0.497 e. The Labute approximate surface area is 136 Å². The molecule has 1 saturated heterocycles. The van der Waals surface area contributed by atoms with Gasteiger partial charge < -0.3 is 19.7 Å². The number of likely N-dealkylation sites (tertiary alicyclic amines) is 1. The van der Waals surface area contributed by atoms with Crippen molar-refractivity contribution in [2.24, 2.45) is 0 Å². The molecular formula is C17H24N2O4. The molecular weight excluding hydrogens is 296 g/mol. The number of carbonyl (C=O) groups excluding carboxylic acids is 2. The molecule has 0 unspecified atom stereocenters. The van der Waals surface area contributed by atoms with Crippen molar-refractivity contribution in [3.63, 3.8) is 0 Å². The number of hydrogen-bond donors (Lipinski definition) is 1. The Hall–Kier alpha value is -2.08. The van der Waals surface area contributed by atoms with E-state index in [9.17, 15) is 9.59 Å². The second-order valence-electron chi connectivity index (χ2n) is 5.80. The molecule has 1 heterocycles. The van der Waals surface area contributed by atoms with Crippen LogP contribution in [0.15, 0.2) is 24.3 Å². The molecule has 0 radical (unpaired) electrons. The Balaban J connectivity index is 2.30. The lowest BCUT2D eigenvalue weighted by Crippen LogP contribution is -2.52. The van der Waals surface area contributed by atoms with Crippen molar-refractivity contribution in [1.82, 2.24) is 10.2 Å². The van der Waals surface area contributed by atoms with Crippen LogP contribution >= 0.6 is 0 Å². The van der Waals surface area contributed by atoms with Crippen LogP contribution in [0.1, 0.15) is 29.6 Å². The monoisotopic (exact) mass is 320 g/mol. The van der Waals surface area contributed by atoms with Crippen molar-refractivity contribution in [2.75, 3.05) is 34.4 Å². The topological polar surface area (TPSA) is 67.9 Å². The number of ether oxygens (including phenoxy) is 2. The fourth-order valence-electron chi connectivity index (χ4n) is 3.21. The predicted octanol–water partition coefficient (Wildman–Crippen LogP) is 1.45. The smallest absolute Gasteiger partial charge is 0.254 e. The van der Waals surface area contributed by atoms with Gasteiger partial charge in [-0.25, -0.2) is 0 Å². The van der Waals surface area contributed by atoms with E-state index < -0.39 is 5.54 Å². The summed E-state index contributed by atoms with van der Waals surface area (Å²) >= 11 is 0. The summed E-state index contributed by atoms with van der Waals surface area (Å²) in [5.74, 6) is 0.452. The van der Waals surface area contributed by atoms with Gasteiger partial charge in [0.2, 0.25) is 5.91 Å². The highest BCUT2D eigenvalue weighted by Crippen LogP contribution is 2.34. The number of amides is 2. The molecule has 126 valence electrons. The van der Waals surface area contributed by atoms with Crippen LogP contribution in [0.25, 0.3) is 0 Å². The molecule has 2 amide bonds. The zero-order valence-electron chi connectivity index (χ0n) is 13.9. The molecule has 0 saturated carbocycles. The Bertz CT molecular complexity index is 575.